The summed E-state index contributed by atoms with van der Waals surface area (Å²) >= 11 is 5.10. The van der Waals surface area contributed by atoms with Crippen molar-refractivity contribution in [2.24, 2.45) is 0 Å². The van der Waals surface area contributed by atoms with Crippen LogP contribution in [0.5, 0.6) is 0 Å². The first-order valence-corrected chi connectivity index (χ1v) is 1.92. The molecule has 1 N–H and O–H groups in total. The lowest BCUT2D eigenvalue weighted by atomic mass is 10.4. The van der Waals surface area contributed by atoms with E-state index in [0.717, 1.165) is 0 Å². The molecule has 2 heteroatoms. The Labute approximate surface area is 42.1 Å². The highest BCUT2D eigenvalue weighted by Crippen LogP contribution is 1.92. The zero-order valence-corrected chi connectivity index (χ0v) is 4.34. The van der Waals surface area contributed by atoms with Gasteiger partial charge in [0.2, 0.25) is 0 Å². The van der Waals surface area contributed by atoms with Crippen LogP contribution in [0.2, 0.25) is 0 Å². The van der Waals surface area contributed by atoms with Crippen LogP contribution in [0.4, 0.5) is 0 Å². The molecule has 34 valence electrons. The predicted molar refractivity (Wildman–Crippen MR) is 28.4 cm³/mol. The van der Waals surface area contributed by atoms with E-state index in [9.17, 15) is 0 Å². The van der Waals surface area contributed by atoms with Gasteiger partial charge >= 0.3 is 0 Å². The van der Waals surface area contributed by atoms with Crippen LogP contribution in [0.1, 0.15) is 6.92 Å². The molecule has 0 saturated carbocycles. The van der Waals surface area contributed by atoms with Crippen LogP contribution in [-0.4, -0.2) is 5.17 Å². The molecule has 0 unspecified atom stereocenters. The standard InChI is InChI=1S/C4H6ClN/c1-3(2)4(5)6/h6H,1H2,2H3. The Morgan fingerprint density at radius 1 is 1.83 bits per heavy atom. The Kier molecular flexibility index (Phi) is 1.88. The molecule has 1 nitrogen and oxygen atoms in total. The minimum atomic E-state index is 0.0370. The van der Waals surface area contributed by atoms with Gasteiger partial charge in [0.1, 0.15) is 5.17 Å². The number of allylic oxidation sites excluding steroid dienone is 1. The Morgan fingerprint density at radius 3 is 2.00 bits per heavy atom. The summed E-state index contributed by atoms with van der Waals surface area (Å²) in [7, 11) is 0. The maximum atomic E-state index is 6.61. The van der Waals surface area contributed by atoms with Gasteiger partial charge < -0.3 is 0 Å². The molecule has 0 aromatic heterocycles. The van der Waals surface area contributed by atoms with Crippen molar-refractivity contribution >= 4 is 16.8 Å². The molecule has 0 radical (unpaired) electrons. The molecule has 0 aromatic rings. The molecule has 0 bridgehead atoms. The molecule has 0 aliphatic heterocycles. The fraction of sp³-hybridized carbons (Fsp3) is 0.250. The monoisotopic (exact) mass is 103 g/mol. The average molecular weight is 104 g/mol. The van der Waals surface area contributed by atoms with E-state index in [-0.39, 0.29) is 5.17 Å². The molecule has 0 heterocycles. The van der Waals surface area contributed by atoms with E-state index in [4.69, 9.17) is 17.0 Å². The highest BCUT2D eigenvalue weighted by molar-refractivity contribution is 6.68. The first kappa shape index (κ1) is 5.70. The zero-order chi connectivity index (χ0) is 5.15. The van der Waals surface area contributed by atoms with Crippen LogP contribution in [0.15, 0.2) is 12.2 Å². The summed E-state index contributed by atoms with van der Waals surface area (Å²) in [5, 5.41) is 6.65. The van der Waals surface area contributed by atoms with Crippen LogP contribution >= 0.6 is 11.6 Å². The Balaban J connectivity index is 3.57. The van der Waals surface area contributed by atoms with Crippen molar-refractivity contribution in [3.05, 3.63) is 12.2 Å². The van der Waals surface area contributed by atoms with Crippen LogP contribution in [0.3, 0.4) is 0 Å². The molecule has 0 rings (SSSR count). The van der Waals surface area contributed by atoms with E-state index in [0.29, 0.717) is 5.57 Å². The minimum absolute atomic E-state index is 0.0370. The van der Waals surface area contributed by atoms with Crippen LogP contribution < -0.4 is 0 Å². The van der Waals surface area contributed by atoms with E-state index < -0.39 is 0 Å². The normalized spacial score (nSPS) is 7.67. The highest BCUT2D eigenvalue weighted by Gasteiger charge is 1.83. The second-order valence-corrected chi connectivity index (χ2v) is 1.47. The summed E-state index contributed by atoms with van der Waals surface area (Å²) in [5.74, 6) is 0. The van der Waals surface area contributed by atoms with Gasteiger partial charge in [0.25, 0.3) is 0 Å². The second-order valence-electron chi connectivity index (χ2n) is 1.09. The van der Waals surface area contributed by atoms with Crippen LogP contribution in [-0.2, 0) is 0 Å². The SMILES string of the molecule is C=C(C)C(=N)Cl. The largest absolute Gasteiger partial charge is 0.289 e. The van der Waals surface area contributed by atoms with Crippen molar-refractivity contribution in [2.45, 2.75) is 6.92 Å². The average Bonchev–Trinajstić information content (AvgIpc) is 1.36. The van der Waals surface area contributed by atoms with E-state index in [2.05, 4.69) is 6.58 Å². The van der Waals surface area contributed by atoms with Crippen molar-refractivity contribution in [3.63, 3.8) is 0 Å². The van der Waals surface area contributed by atoms with E-state index >= 15 is 0 Å². The molecule has 6 heavy (non-hydrogen) atoms. The van der Waals surface area contributed by atoms with E-state index in [1.54, 1.807) is 6.92 Å². The quantitative estimate of drug-likeness (QED) is 0.489. The van der Waals surface area contributed by atoms with Gasteiger partial charge in [-0.2, -0.15) is 0 Å². The third-order valence-electron chi connectivity index (χ3n) is 0.375. The first-order chi connectivity index (χ1) is 2.64. The predicted octanol–water partition coefficient (Wildman–Crippen LogP) is 1.78. The summed E-state index contributed by atoms with van der Waals surface area (Å²) in [4.78, 5) is 0. The van der Waals surface area contributed by atoms with Crippen molar-refractivity contribution in [1.82, 2.24) is 0 Å². The van der Waals surface area contributed by atoms with E-state index in [1.165, 1.54) is 0 Å². The number of halogens is 1. The van der Waals surface area contributed by atoms with Gasteiger partial charge in [-0.05, 0) is 12.5 Å². The maximum Gasteiger partial charge on any atom is 0.123 e. The topological polar surface area (TPSA) is 23.9 Å². The van der Waals surface area contributed by atoms with Gasteiger partial charge in [-0.3, -0.25) is 5.41 Å². The smallest absolute Gasteiger partial charge is 0.123 e. The number of hydrogen-bond donors (Lipinski definition) is 1. The molecular formula is C4H6ClN. The summed E-state index contributed by atoms with van der Waals surface area (Å²) in [6, 6.07) is 0. The van der Waals surface area contributed by atoms with Crippen molar-refractivity contribution in [1.29, 1.82) is 5.41 Å². The van der Waals surface area contributed by atoms with Gasteiger partial charge in [0.15, 0.2) is 0 Å². The Bertz CT molecular complexity index is 73.5. The number of rotatable bonds is 1. The molecule has 0 spiro atoms. The molecule has 0 amide bonds. The fourth-order valence-corrected chi connectivity index (χ4v) is 0. The minimum Gasteiger partial charge on any atom is -0.289 e. The summed E-state index contributed by atoms with van der Waals surface area (Å²) < 4.78 is 0. The number of hydrogen-bond acceptors (Lipinski definition) is 1. The van der Waals surface area contributed by atoms with Crippen molar-refractivity contribution in [2.75, 3.05) is 0 Å². The third-order valence-corrected chi connectivity index (χ3v) is 0.697. The summed E-state index contributed by atoms with van der Waals surface area (Å²) in [5.41, 5.74) is 0.608. The van der Waals surface area contributed by atoms with Crippen molar-refractivity contribution in [3.8, 4) is 0 Å². The lowest BCUT2D eigenvalue weighted by molar-refractivity contribution is 1.50. The molecule has 0 atom stereocenters. The Hall–Kier alpha value is -0.300. The summed E-state index contributed by atoms with van der Waals surface area (Å²) in [6.45, 7) is 5.09. The molecular weight excluding hydrogens is 97.5 g/mol. The lowest BCUT2D eigenvalue weighted by Crippen LogP contribution is -1.79. The maximum absolute atomic E-state index is 6.61. The van der Waals surface area contributed by atoms with Gasteiger partial charge in [0, 0.05) is 0 Å². The summed E-state index contributed by atoms with van der Waals surface area (Å²) in [6.07, 6.45) is 0. The van der Waals surface area contributed by atoms with Gasteiger partial charge in [-0.1, -0.05) is 18.2 Å². The molecule has 0 aromatic carbocycles. The van der Waals surface area contributed by atoms with E-state index in [1.807, 2.05) is 0 Å². The highest BCUT2D eigenvalue weighted by atomic mass is 35.5. The molecule has 0 aliphatic carbocycles. The first-order valence-electron chi connectivity index (χ1n) is 1.54. The van der Waals surface area contributed by atoms with Crippen LogP contribution in [0.25, 0.3) is 0 Å². The van der Waals surface area contributed by atoms with Gasteiger partial charge in [-0.15, -0.1) is 0 Å². The molecule has 0 aliphatic rings. The molecule has 0 saturated heterocycles. The van der Waals surface area contributed by atoms with Crippen molar-refractivity contribution < 1.29 is 0 Å². The fourth-order valence-electron chi connectivity index (χ4n) is 0. The third kappa shape index (κ3) is 1.97. The lowest BCUT2D eigenvalue weighted by Gasteiger charge is -1.82. The van der Waals surface area contributed by atoms with Crippen LogP contribution in [0, 0.1) is 5.41 Å². The Morgan fingerprint density at radius 2 is 2.00 bits per heavy atom. The zero-order valence-electron chi connectivity index (χ0n) is 3.59. The van der Waals surface area contributed by atoms with Gasteiger partial charge in [-0.25, -0.2) is 0 Å². The van der Waals surface area contributed by atoms with Gasteiger partial charge in [0.05, 0.1) is 0 Å². The molecule has 0 fully saturated rings. The second kappa shape index (κ2) is 1.98. The number of nitrogens with one attached hydrogen (secondary N) is 1.